The third-order valence-electron chi connectivity index (χ3n) is 5.27. The third kappa shape index (κ3) is 4.37. The van der Waals surface area contributed by atoms with E-state index in [0.29, 0.717) is 16.1 Å². The predicted molar refractivity (Wildman–Crippen MR) is 94.1 cm³/mol. The van der Waals surface area contributed by atoms with E-state index in [0.717, 1.165) is 57.4 Å². The Kier molecular flexibility index (Phi) is 6.16. The Morgan fingerprint density at radius 1 is 1.13 bits per heavy atom. The highest BCUT2D eigenvalue weighted by Crippen LogP contribution is 2.29. The smallest absolute Gasteiger partial charge is 0.0649 e. The van der Waals surface area contributed by atoms with E-state index in [4.69, 9.17) is 27.9 Å². The summed E-state index contributed by atoms with van der Waals surface area (Å²) in [4.78, 5) is 9.06. The molecule has 1 aromatic heterocycles. The summed E-state index contributed by atoms with van der Waals surface area (Å²) in [6, 6.07) is 0.647. The van der Waals surface area contributed by atoms with E-state index in [1.807, 2.05) is 0 Å². The fourth-order valence-corrected chi connectivity index (χ4v) is 4.17. The molecule has 0 aliphatic carbocycles. The zero-order chi connectivity index (χ0) is 16.2. The largest absolute Gasteiger partial charge is 0.379 e. The molecular formula is C17H25Cl2N3O. The molecule has 0 N–H and O–H groups in total. The average Bonchev–Trinajstić information content (AvgIpc) is 2.59. The maximum absolute atomic E-state index is 6.24. The number of likely N-dealkylation sites (tertiary alicyclic amines) is 1. The SMILES string of the molecule is C[C@H](C1CCN(Cc2c(Cl)cncc2Cl)CC1)N1CCOCC1. The molecule has 3 heterocycles. The zero-order valence-electron chi connectivity index (χ0n) is 13.7. The molecule has 2 fully saturated rings. The van der Waals surface area contributed by atoms with Crippen molar-refractivity contribution in [1.82, 2.24) is 14.8 Å². The minimum absolute atomic E-state index is 0.647. The van der Waals surface area contributed by atoms with Gasteiger partial charge in [0.25, 0.3) is 0 Å². The van der Waals surface area contributed by atoms with E-state index >= 15 is 0 Å². The monoisotopic (exact) mass is 357 g/mol. The number of piperidine rings is 1. The molecule has 6 heteroatoms. The van der Waals surface area contributed by atoms with Crippen molar-refractivity contribution in [3.63, 3.8) is 0 Å². The summed E-state index contributed by atoms with van der Waals surface area (Å²) in [5.74, 6) is 0.771. The molecule has 0 amide bonds. The lowest BCUT2D eigenvalue weighted by Crippen LogP contribution is -2.48. The van der Waals surface area contributed by atoms with Crippen molar-refractivity contribution in [1.29, 1.82) is 0 Å². The molecule has 0 bridgehead atoms. The number of halogens is 2. The highest BCUT2D eigenvalue weighted by Gasteiger charge is 2.28. The lowest BCUT2D eigenvalue weighted by atomic mass is 9.89. The van der Waals surface area contributed by atoms with Gasteiger partial charge in [-0.25, -0.2) is 0 Å². The molecule has 2 saturated heterocycles. The summed E-state index contributed by atoms with van der Waals surface area (Å²) in [6.45, 7) is 9.31. The molecule has 1 atom stereocenters. The molecule has 2 aliphatic heterocycles. The fraction of sp³-hybridized carbons (Fsp3) is 0.706. The number of aromatic nitrogens is 1. The summed E-state index contributed by atoms with van der Waals surface area (Å²) in [5.41, 5.74) is 1.00. The first-order valence-corrected chi connectivity index (χ1v) is 9.23. The van der Waals surface area contributed by atoms with Crippen molar-refractivity contribution < 1.29 is 4.74 Å². The summed E-state index contributed by atoms with van der Waals surface area (Å²) < 4.78 is 5.46. The van der Waals surface area contributed by atoms with Crippen LogP contribution >= 0.6 is 23.2 Å². The van der Waals surface area contributed by atoms with Crippen LogP contribution in [0.15, 0.2) is 12.4 Å². The first kappa shape index (κ1) is 17.4. The fourth-order valence-electron chi connectivity index (χ4n) is 3.69. The minimum Gasteiger partial charge on any atom is -0.379 e. The average molecular weight is 358 g/mol. The number of morpholine rings is 1. The Hall–Kier alpha value is -0.390. The second kappa shape index (κ2) is 8.13. The van der Waals surface area contributed by atoms with Gasteiger partial charge in [0.05, 0.1) is 23.3 Å². The predicted octanol–water partition coefficient (Wildman–Crippen LogP) is 3.32. The maximum atomic E-state index is 6.24. The number of pyridine rings is 1. The molecule has 0 spiro atoms. The van der Waals surface area contributed by atoms with Gasteiger partial charge in [0, 0.05) is 43.6 Å². The van der Waals surface area contributed by atoms with Crippen molar-refractivity contribution in [2.24, 2.45) is 5.92 Å². The Morgan fingerprint density at radius 2 is 1.74 bits per heavy atom. The van der Waals surface area contributed by atoms with Crippen LogP contribution in [0.3, 0.4) is 0 Å². The van der Waals surface area contributed by atoms with Crippen LogP contribution < -0.4 is 0 Å². The van der Waals surface area contributed by atoms with Gasteiger partial charge in [0.15, 0.2) is 0 Å². The van der Waals surface area contributed by atoms with Crippen LogP contribution in [0.1, 0.15) is 25.3 Å². The molecule has 0 aromatic carbocycles. The zero-order valence-corrected chi connectivity index (χ0v) is 15.2. The quantitative estimate of drug-likeness (QED) is 0.826. The van der Waals surface area contributed by atoms with Gasteiger partial charge < -0.3 is 4.74 Å². The normalized spacial score (nSPS) is 23.1. The van der Waals surface area contributed by atoms with E-state index in [-0.39, 0.29) is 0 Å². The minimum atomic E-state index is 0.647. The number of nitrogens with zero attached hydrogens (tertiary/aromatic N) is 3. The Labute approximate surface area is 148 Å². The van der Waals surface area contributed by atoms with Crippen LogP contribution in [0.5, 0.6) is 0 Å². The van der Waals surface area contributed by atoms with Crippen LogP contribution in [0.4, 0.5) is 0 Å². The summed E-state index contributed by atoms with van der Waals surface area (Å²) in [7, 11) is 0. The molecule has 1 aromatic rings. The number of ether oxygens (including phenoxy) is 1. The molecule has 0 unspecified atom stereocenters. The van der Waals surface area contributed by atoms with Gasteiger partial charge in [-0.3, -0.25) is 14.8 Å². The first-order chi connectivity index (χ1) is 11.1. The van der Waals surface area contributed by atoms with E-state index in [9.17, 15) is 0 Å². The van der Waals surface area contributed by atoms with Crippen LogP contribution in [0.25, 0.3) is 0 Å². The number of hydrogen-bond acceptors (Lipinski definition) is 4. The maximum Gasteiger partial charge on any atom is 0.0649 e. The first-order valence-electron chi connectivity index (χ1n) is 8.47. The summed E-state index contributed by atoms with van der Waals surface area (Å²) in [5, 5.41) is 1.34. The van der Waals surface area contributed by atoms with Gasteiger partial charge >= 0.3 is 0 Å². The van der Waals surface area contributed by atoms with Gasteiger partial charge in [-0.2, -0.15) is 0 Å². The third-order valence-corrected chi connectivity index (χ3v) is 5.92. The van der Waals surface area contributed by atoms with Crippen molar-refractivity contribution in [3.8, 4) is 0 Å². The standard InChI is InChI=1S/C17H25Cl2N3O/c1-13(22-6-8-23-9-7-22)14-2-4-21(5-3-14)12-15-16(18)10-20-11-17(15)19/h10-11,13-14H,2-9,12H2,1H3/t13-/m1/s1. The van der Waals surface area contributed by atoms with Crippen molar-refractivity contribution in [2.45, 2.75) is 32.4 Å². The summed E-state index contributed by atoms with van der Waals surface area (Å²) >= 11 is 12.5. The highest BCUT2D eigenvalue weighted by molar-refractivity contribution is 6.35. The van der Waals surface area contributed by atoms with E-state index < -0.39 is 0 Å². The van der Waals surface area contributed by atoms with Crippen molar-refractivity contribution in [2.75, 3.05) is 39.4 Å². The topological polar surface area (TPSA) is 28.6 Å². The second-order valence-corrected chi connectivity index (χ2v) is 7.40. The van der Waals surface area contributed by atoms with Crippen LogP contribution in [-0.4, -0.2) is 60.2 Å². The molecule has 128 valence electrons. The Balaban J connectivity index is 1.52. The van der Waals surface area contributed by atoms with E-state index in [1.54, 1.807) is 12.4 Å². The highest BCUT2D eigenvalue weighted by atomic mass is 35.5. The van der Waals surface area contributed by atoms with Crippen LogP contribution in [-0.2, 0) is 11.3 Å². The van der Waals surface area contributed by atoms with Crippen LogP contribution in [0.2, 0.25) is 10.0 Å². The molecule has 2 aliphatic rings. The summed E-state index contributed by atoms with van der Waals surface area (Å²) in [6.07, 6.45) is 5.82. The molecule has 0 saturated carbocycles. The molecule has 3 rings (SSSR count). The number of hydrogen-bond donors (Lipinski definition) is 0. The van der Waals surface area contributed by atoms with E-state index in [1.165, 1.54) is 12.8 Å². The van der Waals surface area contributed by atoms with E-state index in [2.05, 4.69) is 21.7 Å². The molecule has 23 heavy (non-hydrogen) atoms. The molecular weight excluding hydrogens is 333 g/mol. The van der Waals surface area contributed by atoms with Gasteiger partial charge in [-0.15, -0.1) is 0 Å². The van der Waals surface area contributed by atoms with Crippen molar-refractivity contribution in [3.05, 3.63) is 28.0 Å². The molecule has 4 nitrogen and oxygen atoms in total. The van der Waals surface area contributed by atoms with Gasteiger partial charge in [-0.1, -0.05) is 23.2 Å². The van der Waals surface area contributed by atoms with Gasteiger partial charge in [-0.05, 0) is 38.8 Å². The van der Waals surface area contributed by atoms with Crippen LogP contribution in [0, 0.1) is 5.92 Å². The Morgan fingerprint density at radius 3 is 2.35 bits per heavy atom. The lowest BCUT2D eigenvalue weighted by Gasteiger charge is -2.41. The second-order valence-electron chi connectivity index (χ2n) is 6.58. The lowest BCUT2D eigenvalue weighted by molar-refractivity contribution is -0.00192. The molecule has 0 radical (unpaired) electrons. The van der Waals surface area contributed by atoms with Gasteiger partial charge in [0.1, 0.15) is 0 Å². The number of rotatable bonds is 4. The van der Waals surface area contributed by atoms with Gasteiger partial charge in [0.2, 0.25) is 0 Å². The Bertz CT molecular complexity index is 494. The van der Waals surface area contributed by atoms with Crippen molar-refractivity contribution >= 4 is 23.2 Å².